The minimum atomic E-state index is -0.210. The van der Waals surface area contributed by atoms with E-state index in [-0.39, 0.29) is 18.6 Å². The number of carbonyl (C=O) groups excluding carboxylic acids is 1. The summed E-state index contributed by atoms with van der Waals surface area (Å²) in [5.74, 6) is 0.569. The maximum Gasteiger partial charge on any atom is 0.253 e. The van der Waals surface area contributed by atoms with E-state index in [1.54, 1.807) is 43.7 Å². The summed E-state index contributed by atoms with van der Waals surface area (Å²) in [6.45, 7) is 2.15. The van der Waals surface area contributed by atoms with E-state index in [1.165, 1.54) is 16.2 Å². The molecule has 2 rings (SSSR count). The minimum absolute atomic E-state index is 0.0585. The van der Waals surface area contributed by atoms with Crippen LogP contribution >= 0.6 is 11.3 Å². The molecule has 0 fully saturated rings. The number of aliphatic hydroxyl groups is 1. The average Bonchev–Trinajstić information content (AvgIpc) is 3.04. The number of hydrogen-bond acceptors (Lipinski definition) is 5. The van der Waals surface area contributed by atoms with Crippen molar-refractivity contribution >= 4 is 17.2 Å². The van der Waals surface area contributed by atoms with E-state index in [2.05, 4.69) is 4.98 Å². The van der Waals surface area contributed by atoms with Crippen LogP contribution in [0.25, 0.3) is 0 Å². The third-order valence-electron chi connectivity index (χ3n) is 3.22. The Hall–Kier alpha value is -1.92. The molecule has 1 heterocycles. The molecule has 0 aliphatic carbocycles. The lowest BCUT2D eigenvalue weighted by atomic mass is 10.1. The van der Waals surface area contributed by atoms with Crippen molar-refractivity contribution < 1.29 is 14.6 Å². The average molecular weight is 306 g/mol. The molecular formula is C15H18N2O3S. The summed E-state index contributed by atoms with van der Waals surface area (Å²) in [5, 5.41) is 11.0. The summed E-state index contributed by atoms with van der Waals surface area (Å²) in [6, 6.07) is 6.75. The van der Waals surface area contributed by atoms with Gasteiger partial charge in [-0.2, -0.15) is 0 Å². The summed E-state index contributed by atoms with van der Waals surface area (Å²) >= 11 is 1.53. The Morgan fingerprint density at radius 2 is 2.14 bits per heavy atom. The van der Waals surface area contributed by atoms with Gasteiger partial charge in [-0.3, -0.25) is 4.79 Å². The first-order valence-corrected chi connectivity index (χ1v) is 7.54. The smallest absolute Gasteiger partial charge is 0.253 e. The van der Waals surface area contributed by atoms with Crippen LogP contribution in [0, 0.1) is 0 Å². The van der Waals surface area contributed by atoms with Gasteiger partial charge in [0.1, 0.15) is 12.4 Å². The van der Waals surface area contributed by atoms with Crippen molar-refractivity contribution in [2.24, 2.45) is 0 Å². The second kappa shape index (κ2) is 7.19. The van der Waals surface area contributed by atoms with Crippen LogP contribution in [-0.4, -0.2) is 40.6 Å². The molecule has 1 atom stereocenters. The summed E-state index contributed by atoms with van der Waals surface area (Å²) in [4.78, 5) is 17.8. The topological polar surface area (TPSA) is 62.7 Å². The lowest BCUT2D eigenvalue weighted by Crippen LogP contribution is -2.37. The number of rotatable bonds is 6. The van der Waals surface area contributed by atoms with Crippen LogP contribution in [0.5, 0.6) is 5.75 Å². The zero-order valence-electron chi connectivity index (χ0n) is 12.0. The molecule has 5 nitrogen and oxygen atoms in total. The van der Waals surface area contributed by atoms with Gasteiger partial charge >= 0.3 is 0 Å². The molecule has 0 saturated heterocycles. The lowest BCUT2D eigenvalue weighted by Gasteiger charge is -2.23. The van der Waals surface area contributed by atoms with Crippen molar-refractivity contribution in [1.29, 1.82) is 0 Å². The second-order valence-corrected chi connectivity index (χ2v) is 5.46. The number of nitrogens with zero attached hydrogens (tertiary/aromatic N) is 2. The van der Waals surface area contributed by atoms with Gasteiger partial charge in [-0.15, -0.1) is 11.3 Å². The Bertz CT molecular complexity index is 569. The lowest BCUT2D eigenvalue weighted by molar-refractivity contribution is 0.0682. The van der Waals surface area contributed by atoms with Crippen LogP contribution in [0.3, 0.4) is 0 Å². The Morgan fingerprint density at radius 1 is 1.43 bits per heavy atom. The maximum absolute atomic E-state index is 12.2. The van der Waals surface area contributed by atoms with Gasteiger partial charge in [-0.1, -0.05) is 0 Å². The fraction of sp³-hybridized carbons (Fsp3) is 0.333. The molecule has 0 bridgehead atoms. The van der Waals surface area contributed by atoms with E-state index in [1.807, 2.05) is 5.38 Å². The first-order valence-electron chi connectivity index (χ1n) is 6.59. The molecule has 0 aliphatic rings. The van der Waals surface area contributed by atoms with Crippen molar-refractivity contribution in [3.63, 3.8) is 0 Å². The number of aromatic nitrogens is 1. The second-order valence-electron chi connectivity index (χ2n) is 4.74. The van der Waals surface area contributed by atoms with Crippen molar-refractivity contribution in [3.05, 3.63) is 46.4 Å². The van der Waals surface area contributed by atoms with Crippen molar-refractivity contribution in [3.8, 4) is 5.75 Å². The molecule has 1 unspecified atom stereocenters. The number of benzene rings is 1. The molecule has 0 aliphatic heterocycles. The van der Waals surface area contributed by atoms with Gasteiger partial charge in [0.15, 0.2) is 0 Å². The fourth-order valence-electron chi connectivity index (χ4n) is 1.69. The van der Waals surface area contributed by atoms with E-state index in [0.29, 0.717) is 17.9 Å². The highest BCUT2D eigenvalue weighted by Crippen LogP contribution is 2.16. The summed E-state index contributed by atoms with van der Waals surface area (Å²) in [7, 11) is 1.68. The predicted molar refractivity (Wildman–Crippen MR) is 81.5 cm³/mol. The zero-order chi connectivity index (χ0) is 15.2. The van der Waals surface area contributed by atoms with E-state index in [9.17, 15) is 4.79 Å². The first kappa shape index (κ1) is 15.5. The Morgan fingerprint density at radius 3 is 2.71 bits per heavy atom. The van der Waals surface area contributed by atoms with Crippen LogP contribution in [0.15, 0.2) is 35.2 Å². The molecule has 2 aromatic rings. The minimum Gasteiger partial charge on any atom is -0.487 e. The predicted octanol–water partition coefficient (Wildman–Crippen LogP) is 2.17. The number of hydrogen-bond donors (Lipinski definition) is 1. The van der Waals surface area contributed by atoms with Crippen LogP contribution in [-0.2, 0) is 6.61 Å². The molecule has 1 amide bonds. The fourth-order valence-corrected chi connectivity index (χ4v) is 2.23. The number of carbonyl (C=O) groups is 1. The molecule has 1 aromatic heterocycles. The van der Waals surface area contributed by atoms with E-state index < -0.39 is 0 Å². The Kier molecular flexibility index (Phi) is 5.30. The normalized spacial score (nSPS) is 12.0. The Balaban J connectivity index is 1.96. The molecule has 0 radical (unpaired) electrons. The molecule has 6 heteroatoms. The van der Waals surface area contributed by atoms with E-state index >= 15 is 0 Å². The third kappa shape index (κ3) is 4.03. The molecule has 112 valence electrons. The number of ether oxygens (including phenoxy) is 1. The first-order chi connectivity index (χ1) is 10.1. The number of likely N-dealkylation sites (N-methyl/N-ethyl adjacent to an activating group) is 1. The monoisotopic (exact) mass is 306 g/mol. The highest BCUT2D eigenvalue weighted by Gasteiger charge is 2.16. The Labute approximate surface area is 127 Å². The van der Waals surface area contributed by atoms with Gasteiger partial charge in [-0.25, -0.2) is 4.98 Å². The van der Waals surface area contributed by atoms with Crippen LogP contribution in [0.4, 0.5) is 0 Å². The van der Waals surface area contributed by atoms with Gasteiger partial charge in [0.05, 0.1) is 23.9 Å². The van der Waals surface area contributed by atoms with Crippen molar-refractivity contribution in [1.82, 2.24) is 9.88 Å². The SMILES string of the molecule is CC(CO)N(C)C(=O)c1ccc(OCc2cscn2)cc1. The molecule has 0 saturated carbocycles. The van der Waals surface area contributed by atoms with Gasteiger partial charge in [0, 0.05) is 18.0 Å². The maximum atomic E-state index is 12.2. The highest BCUT2D eigenvalue weighted by molar-refractivity contribution is 7.07. The van der Waals surface area contributed by atoms with E-state index in [4.69, 9.17) is 9.84 Å². The molecule has 1 N–H and O–H groups in total. The molecule has 1 aromatic carbocycles. The van der Waals surface area contributed by atoms with Gasteiger partial charge in [0.2, 0.25) is 0 Å². The van der Waals surface area contributed by atoms with Crippen molar-refractivity contribution in [2.45, 2.75) is 19.6 Å². The van der Waals surface area contributed by atoms with Gasteiger partial charge < -0.3 is 14.7 Å². The number of aliphatic hydroxyl groups excluding tert-OH is 1. The number of amides is 1. The van der Waals surface area contributed by atoms with Crippen LogP contribution in [0.1, 0.15) is 23.0 Å². The molecular weight excluding hydrogens is 288 g/mol. The van der Waals surface area contributed by atoms with Gasteiger partial charge in [-0.05, 0) is 31.2 Å². The number of thiazole rings is 1. The summed E-state index contributed by atoms with van der Waals surface area (Å²) in [6.07, 6.45) is 0. The molecule has 21 heavy (non-hydrogen) atoms. The van der Waals surface area contributed by atoms with E-state index in [0.717, 1.165) is 5.69 Å². The zero-order valence-corrected chi connectivity index (χ0v) is 12.8. The molecule has 0 spiro atoms. The van der Waals surface area contributed by atoms with Gasteiger partial charge in [0.25, 0.3) is 5.91 Å². The summed E-state index contributed by atoms with van der Waals surface area (Å²) < 4.78 is 5.59. The van der Waals surface area contributed by atoms with Crippen LogP contribution in [0.2, 0.25) is 0 Å². The standard InChI is InChI=1S/C15H18N2O3S/c1-11(7-18)17(2)15(19)12-3-5-14(6-4-12)20-8-13-9-21-10-16-13/h3-6,9-11,18H,7-8H2,1-2H3. The third-order valence-corrected chi connectivity index (χ3v) is 3.85. The largest absolute Gasteiger partial charge is 0.487 e. The van der Waals surface area contributed by atoms with Crippen molar-refractivity contribution in [2.75, 3.05) is 13.7 Å². The summed E-state index contributed by atoms with van der Waals surface area (Å²) in [5.41, 5.74) is 3.22. The van der Waals surface area contributed by atoms with Crippen LogP contribution < -0.4 is 4.74 Å². The quantitative estimate of drug-likeness (QED) is 0.888. The highest BCUT2D eigenvalue weighted by atomic mass is 32.1.